The van der Waals surface area contributed by atoms with Gasteiger partial charge in [-0.05, 0) is 68.7 Å². The Kier molecular flexibility index (Phi) is 6.51. The van der Waals surface area contributed by atoms with Crippen LogP contribution in [0.25, 0.3) is 0 Å². The van der Waals surface area contributed by atoms with Crippen molar-refractivity contribution in [3.63, 3.8) is 0 Å². The topological polar surface area (TPSA) is 85.4 Å². The van der Waals surface area contributed by atoms with Gasteiger partial charge in [-0.2, -0.15) is 4.98 Å². The van der Waals surface area contributed by atoms with E-state index in [1.54, 1.807) is 13.2 Å². The first-order valence-electron chi connectivity index (χ1n) is 9.60. The molecule has 1 aromatic heterocycles. The van der Waals surface area contributed by atoms with E-state index in [-0.39, 0.29) is 12.5 Å². The summed E-state index contributed by atoms with van der Waals surface area (Å²) in [5, 5.41) is 6.00. The van der Waals surface area contributed by atoms with Gasteiger partial charge in [-0.15, -0.1) is 0 Å². The van der Waals surface area contributed by atoms with Crippen LogP contribution in [0.3, 0.4) is 0 Å². The van der Waals surface area contributed by atoms with Gasteiger partial charge in [0.1, 0.15) is 5.75 Å². The highest BCUT2D eigenvalue weighted by Gasteiger charge is 2.11. The van der Waals surface area contributed by atoms with Crippen LogP contribution in [0.2, 0.25) is 0 Å². The van der Waals surface area contributed by atoms with E-state index >= 15 is 0 Å². The summed E-state index contributed by atoms with van der Waals surface area (Å²) in [7, 11) is 1.56. The van der Waals surface area contributed by atoms with Crippen molar-refractivity contribution in [1.82, 2.24) is 9.97 Å². The van der Waals surface area contributed by atoms with Crippen molar-refractivity contribution in [3.05, 3.63) is 64.8 Å². The van der Waals surface area contributed by atoms with Crippen molar-refractivity contribution >= 4 is 23.2 Å². The lowest BCUT2D eigenvalue weighted by atomic mass is 10.1. The molecule has 0 aliphatic rings. The minimum Gasteiger partial charge on any atom is -0.495 e. The van der Waals surface area contributed by atoms with Gasteiger partial charge in [0.2, 0.25) is 11.8 Å². The first-order chi connectivity index (χ1) is 14.3. The normalized spacial score (nSPS) is 10.4. The molecule has 2 aromatic carbocycles. The van der Waals surface area contributed by atoms with E-state index in [0.717, 1.165) is 28.1 Å². The van der Waals surface area contributed by atoms with Gasteiger partial charge < -0.3 is 20.1 Å². The molecular formula is C23H26N4O3. The molecule has 0 fully saturated rings. The predicted octanol–water partition coefficient (Wildman–Crippen LogP) is 4.48. The summed E-state index contributed by atoms with van der Waals surface area (Å²) >= 11 is 0. The molecule has 1 heterocycles. The van der Waals surface area contributed by atoms with Crippen LogP contribution in [-0.2, 0) is 4.79 Å². The number of hydrogen-bond donors (Lipinski definition) is 2. The summed E-state index contributed by atoms with van der Waals surface area (Å²) in [5.41, 5.74) is 5.53. The van der Waals surface area contributed by atoms with E-state index in [1.807, 2.05) is 58.0 Å². The summed E-state index contributed by atoms with van der Waals surface area (Å²) < 4.78 is 10.9. The molecule has 1 amide bonds. The number of hydrogen-bond acceptors (Lipinski definition) is 6. The lowest BCUT2D eigenvalue weighted by Crippen LogP contribution is -2.21. The van der Waals surface area contributed by atoms with Crippen LogP contribution >= 0.6 is 0 Å². The van der Waals surface area contributed by atoms with E-state index < -0.39 is 0 Å². The molecule has 7 nitrogen and oxygen atoms in total. The van der Waals surface area contributed by atoms with Gasteiger partial charge >= 0.3 is 0 Å². The van der Waals surface area contributed by atoms with Crippen LogP contribution in [0.1, 0.15) is 22.4 Å². The first-order valence-corrected chi connectivity index (χ1v) is 9.60. The maximum atomic E-state index is 12.4. The van der Waals surface area contributed by atoms with Gasteiger partial charge in [0.25, 0.3) is 5.91 Å². The Bertz CT molecular complexity index is 1050. The van der Waals surface area contributed by atoms with Crippen molar-refractivity contribution in [2.45, 2.75) is 27.7 Å². The average molecular weight is 406 g/mol. The summed E-state index contributed by atoms with van der Waals surface area (Å²) in [6.07, 6.45) is 0. The molecule has 2 N–H and O–H groups in total. The number of aromatic nitrogens is 2. The fourth-order valence-corrected chi connectivity index (χ4v) is 3.09. The van der Waals surface area contributed by atoms with Gasteiger partial charge in [-0.25, -0.2) is 4.98 Å². The summed E-state index contributed by atoms with van der Waals surface area (Å²) in [6, 6.07) is 13.4. The molecule has 0 spiro atoms. The molecule has 7 heteroatoms. The number of amides is 1. The Morgan fingerprint density at radius 2 is 1.67 bits per heavy atom. The molecule has 0 radical (unpaired) electrons. The number of anilines is 3. The van der Waals surface area contributed by atoms with E-state index in [1.165, 1.54) is 0 Å². The molecule has 0 saturated carbocycles. The Balaban J connectivity index is 1.67. The van der Waals surface area contributed by atoms with Crippen LogP contribution < -0.4 is 20.1 Å². The highest BCUT2D eigenvalue weighted by atomic mass is 16.5. The minimum absolute atomic E-state index is 0.184. The Hall–Kier alpha value is -3.61. The van der Waals surface area contributed by atoms with Gasteiger partial charge in [0.15, 0.2) is 6.61 Å². The van der Waals surface area contributed by atoms with E-state index in [9.17, 15) is 4.79 Å². The Labute approximate surface area is 176 Å². The third kappa shape index (κ3) is 5.70. The second-order valence-corrected chi connectivity index (χ2v) is 7.21. The van der Waals surface area contributed by atoms with Crippen LogP contribution in [0, 0.1) is 27.7 Å². The number of aryl methyl sites for hydroxylation is 4. The molecule has 3 rings (SSSR count). The van der Waals surface area contributed by atoms with E-state index in [2.05, 4.69) is 26.7 Å². The third-order valence-electron chi connectivity index (χ3n) is 4.29. The SMILES string of the molecule is COc1ccc(C)cc1NC(=O)COc1cc(C)nc(Nc2cc(C)cc(C)c2)n1. The highest BCUT2D eigenvalue weighted by Crippen LogP contribution is 2.25. The molecule has 0 aliphatic heterocycles. The summed E-state index contributed by atoms with van der Waals surface area (Å²) in [4.78, 5) is 21.1. The number of benzene rings is 2. The monoisotopic (exact) mass is 406 g/mol. The van der Waals surface area contributed by atoms with Crippen molar-refractivity contribution in [2.75, 3.05) is 24.4 Å². The van der Waals surface area contributed by atoms with Gasteiger partial charge in [-0.3, -0.25) is 4.79 Å². The number of carbonyl (C=O) groups excluding carboxylic acids is 1. The van der Waals surface area contributed by atoms with Gasteiger partial charge in [0, 0.05) is 17.4 Å². The number of carbonyl (C=O) groups is 1. The summed E-state index contributed by atoms with van der Waals surface area (Å²) in [6.45, 7) is 7.67. The molecular weight excluding hydrogens is 380 g/mol. The molecule has 0 unspecified atom stereocenters. The van der Waals surface area contributed by atoms with Crippen molar-refractivity contribution in [2.24, 2.45) is 0 Å². The van der Waals surface area contributed by atoms with Crippen LogP contribution in [0.5, 0.6) is 11.6 Å². The van der Waals surface area contributed by atoms with Crippen molar-refractivity contribution in [1.29, 1.82) is 0 Å². The molecule has 0 saturated heterocycles. The van der Waals surface area contributed by atoms with E-state index in [4.69, 9.17) is 9.47 Å². The zero-order valence-electron chi connectivity index (χ0n) is 17.9. The van der Waals surface area contributed by atoms with Gasteiger partial charge in [-0.1, -0.05) is 12.1 Å². The third-order valence-corrected chi connectivity index (χ3v) is 4.29. The van der Waals surface area contributed by atoms with Crippen molar-refractivity contribution < 1.29 is 14.3 Å². The molecule has 156 valence electrons. The fraction of sp³-hybridized carbons (Fsp3) is 0.261. The van der Waals surface area contributed by atoms with Crippen molar-refractivity contribution in [3.8, 4) is 11.6 Å². The smallest absolute Gasteiger partial charge is 0.262 e. The number of methoxy groups -OCH3 is 1. The minimum atomic E-state index is -0.306. The maximum Gasteiger partial charge on any atom is 0.262 e. The zero-order valence-corrected chi connectivity index (χ0v) is 17.9. The van der Waals surface area contributed by atoms with E-state index in [0.29, 0.717) is 23.3 Å². The number of nitrogens with one attached hydrogen (secondary N) is 2. The molecule has 30 heavy (non-hydrogen) atoms. The first kappa shape index (κ1) is 21.1. The maximum absolute atomic E-state index is 12.4. The Morgan fingerprint density at radius 1 is 0.933 bits per heavy atom. The summed E-state index contributed by atoms with van der Waals surface area (Å²) in [5.74, 6) is 1.02. The molecule has 0 atom stereocenters. The Morgan fingerprint density at radius 3 is 2.37 bits per heavy atom. The largest absolute Gasteiger partial charge is 0.495 e. The predicted molar refractivity (Wildman–Crippen MR) is 118 cm³/mol. The second kappa shape index (κ2) is 9.26. The standard InChI is InChI=1S/C23H26N4O3/c1-14-6-7-20(29-5)19(11-14)26-21(28)13-30-22-12-17(4)24-23(27-22)25-18-9-15(2)8-16(3)10-18/h6-12H,13H2,1-5H3,(H,26,28)(H,24,25,27). The van der Waals surface area contributed by atoms with Gasteiger partial charge in [0.05, 0.1) is 12.8 Å². The number of ether oxygens (including phenoxy) is 2. The second-order valence-electron chi connectivity index (χ2n) is 7.21. The van der Waals surface area contributed by atoms with Crippen LogP contribution in [-0.4, -0.2) is 29.6 Å². The highest BCUT2D eigenvalue weighted by molar-refractivity contribution is 5.93. The van der Waals surface area contributed by atoms with Crippen LogP contribution in [0.4, 0.5) is 17.3 Å². The lowest BCUT2D eigenvalue weighted by Gasteiger charge is -2.12. The lowest BCUT2D eigenvalue weighted by molar-refractivity contribution is -0.118. The fourth-order valence-electron chi connectivity index (χ4n) is 3.09. The number of nitrogens with zero attached hydrogens (tertiary/aromatic N) is 2. The number of rotatable bonds is 7. The average Bonchev–Trinajstić information content (AvgIpc) is 2.65. The quantitative estimate of drug-likeness (QED) is 0.602. The molecule has 3 aromatic rings. The molecule has 0 aliphatic carbocycles. The molecule has 0 bridgehead atoms. The van der Waals surface area contributed by atoms with Crippen LogP contribution in [0.15, 0.2) is 42.5 Å². The zero-order chi connectivity index (χ0) is 21.7.